The molecule has 0 aliphatic heterocycles. The third-order valence-corrected chi connectivity index (χ3v) is 3.07. The zero-order valence-electron chi connectivity index (χ0n) is 12.7. The number of amidine groups is 1. The molecule has 1 amide bonds. The van der Waals surface area contributed by atoms with Gasteiger partial charge < -0.3 is 4.74 Å². The smallest absolute Gasteiger partial charge is 0.412 e. The van der Waals surface area contributed by atoms with Crippen LogP contribution < -0.4 is 10.6 Å². The number of ether oxygens (including phenoxy) is 1. The molecule has 0 atom stereocenters. The highest BCUT2D eigenvalue weighted by Crippen LogP contribution is 2.28. The van der Waals surface area contributed by atoms with Crippen molar-refractivity contribution >= 4 is 46.0 Å². The predicted molar refractivity (Wildman–Crippen MR) is 90.7 cm³/mol. The second-order valence-corrected chi connectivity index (χ2v) is 6.35. The molecule has 0 heterocycles. The number of halogens is 1. The number of rotatable bonds is 2. The standard InChI is InChI=1S/C14H17ClN4O2S/c1-14(2,3)21-13(20)19-11-6-5-9(7-10(11)15)18-12(22-4)17-8-16/h5-7H,1-4H3,(H,17,18)(H,19,20). The summed E-state index contributed by atoms with van der Waals surface area (Å²) in [5.41, 5.74) is 0.400. The zero-order chi connectivity index (χ0) is 16.8. The molecule has 0 aliphatic carbocycles. The van der Waals surface area contributed by atoms with Gasteiger partial charge in [-0.15, -0.1) is 0 Å². The first-order chi connectivity index (χ1) is 10.2. The lowest BCUT2D eigenvalue weighted by Gasteiger charge is -2.20. The average Bonchev–Trinajstić information content (AvgIpc) is 2.39. The van der Waals surface area contributed by atoms with E-state index in [9.17, 15) is 4.79 Å². The second kappa shape index (κ2) is 7.92. The molecule has 0 unspecified atom stereocenters. The third kappa shape index (κ3) is 6.24. The van der Waals surface area contributed by atoms with E-state index in [2.05, 4.69) is 15.6 Å². The quantitative estimate of drug-likeness (QED) is 0.366. The SMILES string of the molecule is CSC(=Nc1ccc(NC(=O)OC(C)(C)C)c(Cl)c1)NC#N. The van der Waals surface area contributed by atoms with Crippen molar-refractivity contribution in [1.29, 1.82) is 5.26 Å². The van der Waals surface area contributed by atoms with Gasteiger partial charge in [0.25, 0.3) is 0 Å². The molecule has 8 heteroatoms. The highest BCUT2D eigenvalue weighted by Gasteiger charge is 2.17. The molecule has 0 fully saturated rings. The molecule has 0 bridgehead atoms. The summed E-state index contributed by atoms with van der Waals surface area (Å²) in [4.78, 5) is 15.9. The van der Waals surface area contributed by atoms with Crippen LogP contribution in [0.4, 0.5) is 16.2 Å². The molecule has 118 valence electrons. The number of anilines is 1. The molecule has 1 rings (SSSR count). The molecule has 2 N–H and O–H groups in total. The monoisotopic (exact) mass is 340 g/mol. The minimum atomic E-state index is -0.586. The summed E-state index contributed by atoms with van der Waals surface area (Å²) in [5.74, 6) is 0. The number of hydrogen-bond donors (Lipinski definition) is 2. The van der Waals surface area contributed by atoms with Gasteiger partial charge in [0.15, 0.2) is 11.4 Å². The maximum absolute atomic E-state index is 11.7. The van der Waals surface area contributed by atoms with Gasteiger partial charge in [-0.3, -0.25) is 10.6 Å². The number of nitrogens with one attached hydrogen (secondary N) is 2. The fourth-order valence-corrected chi connectivity index (χ4v) is 1.94. The summed E-state index contributed by atoms with van der Waals surface area (Å²) >= 11 is 7.42. The van der Waals surface area contributed by atoms with Crippen LogP contribution in [0.1, 0.15) is 20.8 Å². The van der Waals surface area contributed by atoms with Gasteiger partial charge in [0.05, 0.1) is 16.4 Å². The van der Waals surface area contributed by atoms with E-state index in [4.69, 9.17) is 21.6 Å². The van der Waals surface area contributed by atoms with Crippen molar-refractivity contribution < 1.29 is 9.53 Å². The number of nitriles is 1. The summed E-state index contributed by atoms with van der Waals surface area (Å²) < 4.78 is 5.16. The maximum Gasteiger partial charge on any atom is 0.412 e. The van der Waals surface area contributed by atoms with Crippen LogP contribution in [0.5, 0.6) is 0 Å². The Morgan fingerprint density at radius 3 is 2.64 bits per heavy atom. The first kappa shape index (κ1) is 18.1. The number of thioether (sulfide) groups is 1. The van der Waals surface area contributed by atoms with Gasteiger partial charge in [0.1, 0.15) is 5.60 Å². The topological polar surface area (TPSA) is 86.5 Å². The van der Waals surface area contributed by atoms with Crippen molar-refractivity contribution in [3.8, 4) is 6.19 Å². The lowest BCUT2D eigenvalue weighted by Crippen LogP contribution is -2.27. The Morgan fingerprint density at radius 2 is 2.14 bits per heavy atom. The molecule has 6 nitrogen and oxygen atoms in total. The Morgan fingerprint density at radius 1 is 1.45 bits per heavy atom. The third-order valence-electron chi connectivity index (χ3n) is 2.18. The normalized spacial score (nSPS) is 11.5. The van der Waals surface area contributed by atoms with Gasteiger partial charge in [0, 0.05) is 0 Å². The largest absolute Gasteiger partial charge is 0.444 e. The molecule has 0 saturated carbocycles. The van der Waals surface area contributed by atoms with Crippen molar-refractivity contribution in [2.75, 3.05) is 11.6 Å². The highest BCUT2D eigenvalue weighted by atomic mass is 35.5. The minimum absolute atomic E-state index is 0.324. The van der Waals surface area contributed by atoms with Gasteiger partial charge in [-0.1, -0.05) is 23.4 Å². The van der Waals surface area contributed by atoms with Crippen LogP contribution in [0.2, 0.25) is 5.02 Å². The molecular weight excluding hydrogens is 324 g/mol. The van der Waals surface area contributed by atoms with Gasteiger partial charge >= 0.3 is 6.09 Å². The fraction of sp³-hybridized carbons (Fsp3) is 0.357. The van der Waals surface area contributed by atoms with Gasteiger partial charge in [-0.25, -0.2) is 9.79 Å². The van der Waals surface area contributed by atoms with E-state index in [1.165, 1.54) is 11.8 Å². The lowest BCUT2D eigenvalue weighted by atomic mass is 10.2. The van der Waals surface area contributed by atoms with Crippen LogP contribution in [0.25, 0.3) is 0 Å². The van der Waals surface area contributed by atoms with Crippen LogP contribution in [0.15, 0.2) is 23.2 Å². The second-order valence-electron chi connectivity index (χ2n) is 5.15. The molecular formula is C14H17ClN4O2S. The molecule has 0 radical (unpaired) electrons. The van der Waals surface area contributed by atoms with Gasteiger partial charge in [0.2, 0.25) is 0 Å². The van der Waals surface area contributed by atoms with E-state index < -0.39 is 11.7 Å². The molecule has 0 aliphatic rings. The van der Waals surface area contributed by atoms with Crippen molar-refractivity contribution in [1.82, 2.24) is 5.32 Å². The molecule has 0 aromatic heterocycles. The van der Waals surface area contributed by atoms with Crippen LogP contribution in [-0.4, -0.2) is 23.1 Å². The van der Waals surface area contributed by atoms with E-state index >= 15 is 0 Å². The van der Waals surface area contributed by atoms with E-state index in [1.54, 1.807) is 51.4 Å². The number of amides is 1. The van der Waals surface area contributed by atoms with Crippen LogP contribution in [0, 0.1) is 11.5 Å². The molecule has 0 spiro atoms. The van der Waals surface area contributed by atoms with Crippen molar-refractivity contribution in [3.05, 3.63) is 23.2 Å². The minimum Gasteiger partial charge on any atom is -0.444 e. The number of nitrogens with zero attached hydrogens (tertiary/aromatic N) is 2. The van der Waals surface area contributed by atoms with Gasteiger partial charge in [-0.2, -0.15) is 5.26 Å². The first-order valence-corrected chi connectivity index (χ1v) is 7.93. The number of hydrogen-bond acceptors (Lipinski definition) is 5. The van der Waals surface area contributed by atoms with E-state index in [1.807, 2.05) is 0 Å². The molecule has 1 aromatic rings. The van der Waals surface area contributed by atoms with Crippen LogP contribution in [0.3, 0.4) is 0 Å². The highest BCUT2D eigenvalue weighted by molar-refractivity contribution is 8.13. The Balaban J connectivity index is 2.86. The summed E-state index contributed by atoms with van der Waals surface area (Å²) in [6, 6.07) is 4.88. The summed E-state index contributed by atoms with van der Waals surface area (Å²) in [5, 5.41) is 14.4. The van der Waals surface area contributed by atoms with Crippen molar-refractivity contribution in [2.24, 2.45) is 4.99 Å². The Bertz CT molecular complexity index is 620. The van der Waals surface area contributed by atoms with Crippen molar-refractivity contribution in [2.45, 2.75) is 26.4 Å². The number of carbonyl (C=O) groups is 1. The summed E-state index contributed by atoms with van der Waals surface area (Å²) in [6.45, 7) is 5.33. The first-order valence-electron chi connectivity index (χ1n) is 6.32. The number of benzene rings is 1. The summed E-state index contributed by atoms with van der Waals surface area (Å²) in [6.07, 6.45) is 3.02. The molecule has 22 heavy (non-hydrogen) atoms. The Labute approximate surface area is 138 Å². The molecule has 0 saturated heterocycles. The van der Waals surface area contributed by atoms with Gasteiger partial charge in [-0.05, 0) is 45.2 Å². The zero-order valence-corrected chi connectivity index (χ0v) is 14.3. The van der Waals surface area contributed by atoms with Crippen LogP contribution in [-0.2, 0) is 4.74 Å². The maximum atomic E-state index is 11.7. The Kier molecular flexibility index (Phi) is 6.53. The summed E-state index contributed by atoms with van der Waals surface area (Å²) in [7, 11) is 0. The number of aliphatic imine (C=N–C) groups is 1. The van der Waals surface area contributed by atoms with E-state index in [0.717, 1.165) is 0 Å². The van der Waals surface area contributed by atoms with Crippen LogP contribution >= 0.6 is 23.4 Å². The van der Waals surface area contributed by atoms with Crippen molar-refractivity contribution in [3.63, 3.8) is 0 Å². The predicted octanol–water partition coefficient (Wildman–Crippen LogP) is 4.11. The fourth-order valence-electron chi connectivity index (χ4n) is 1.38. The van der Waals surface area contributed by atoms with E-state index in [-0.39, 0.29) is 0 Å². The average molecular weight is 341 g/mol. The van der Waals surface area contributed by atoms with E-state index in [0.29, 0.717) is 21.6 Å². The lowest BCUT2D eigenvalue weighted by molar-refractivity contribution is 0.0636. The Hall–Kier alpha value is -1.91. The number of carbonyl (C=O) groups excluding carboxylic acids is 1. The molecule has 1 aromatic carbocycles.